The molecule has 0 atom stereocenters. The summed E-state index contributed by atoms with van der Waals surface area (Å²) in [5.74, 6) is 0.477. The van der Waals surface area contributed by atoms with Gasteiger partial charge in [-0.15, -0.1) is 13.2 Å². The molecule has 3 rings (SSSR count). The van der Waals surface area contributed by atoms with Gasteiger partial charge in [-0.25, -0.2) is 0 Å². The highest BCUT2D eigenvalue weighted by Crippen LogP contribution is 2.31. The molecule has 0 spiro atoms. The van der Waals surface area contributed by atoms with Crippen LogP contribution in [0.2, 0.25) is 0 Å². The number of fused-ring (bicyclic) bond motifs is 1. The summed E-state index contributed by atoms with van der Waals surface area (Å²) in [5.41, 5.74) is 1.09. The third-order valence-corrected chi connectivity index (χ3v) is 3.35. The average Bonchev–Trinajstić information content (AvgIpc) is 2.60. The minimum Gasteiger partial charge on any atom is -0.486 e. The first kappa shape index (κ1) is 17.7. The maximum Gasteiger partial charge on any atom is 0.573 e. The van der Waals surface area contributed by atoms with Crippen molar-refractivity contribution in [2.45, 2.75) is 6.36 Å². The van der Waals surface area contributed by atoms with Crippen LogP contribution >= 0.6 is 0 Å². The number of ether oxygens (including phenoxy) is 3. The molecule has 0 aromatic heterocycles. The number of benzene rings is 2. The van der Waals surface area contributed by atoms with Crippen molar-refractivity contribution in [3.63, 3.8) is 0 Å². The number of hydrogen-bond donors (Lipinski definition) is 1. The smallest absolute Gasteiger partial charge is 0.486 e. The van der Waals surface area contributed by atoms with E-state index in [1.807, 2.05) is 0 Å². The Hall–Kier alpha value is -3.16. The first-order valence-electron chi connectivity index (χ1n) is 7.64. The van der Waals surface area contributed by atoms with E-state index in [0.717, 1.165) is 17.7 Å². The Morgan fingerprint density at radius 2 is 1.73 bits per heavy atom. The van der Waals surface area contributed by atoms with Crippen LogP contribution < -0.4 is 19.5 Å². The van der Waals surface area contributed by atoms with Gasteiger partial charge in [0.05, 0.1) is 0 Å². The number of amides is 1. The van der Waals surface area contributed by atoms with Gasteiger partial charge in [-0.05, 0) is 48.0 Å². The molecule has 0 saturated carbocycles. The molecule has 1 aliphatic heterocycles. The van der Waals surface area contributed by atoms with Crippen molar-refractivity contribution in [1.29, 1.82) is 0 Å². The van der Waals surface area contributed by atoms with Crippen LogP contribution in [0, 0.1) is 0 Å². The summed E-state index contributed by atoms with van der Waals surface area (Å²) in [7, 11) is 0. The lowest BCUT2D eigenvalue weighted by atomic mass is 10.2. The van der Waals surface area contributed by atoms with E-state index >= 15 is 0 Å². The molecule has 1 N–H and O–H groups in total. The van der Waals surface area contributed by atoms with Gasteiger partial charge in [-0.2, -0.15) is 0 Å². The van der Waals surface area contributed by atoms with Crippen molar-refractivity contribution >= 4 is 17.7 Å². The fraction of sp³-hybridized carbons (Fsp3) is 0.167. The Bertz CT molecular complexity index is 816. The molecule has 0 aliphatic carbocycles. The minimum absolute atomic E-state index is 0.344. The second kappa shape index (κ2) is 7.38. The standard InChI is InChI=1S/C18H14F3NO4/c19-18(20,21)26-14-5-3-13(4-6-14)22-17(23)8-2-12-1-7-15-16(11-12)25-10-9-24-15/h1-8,11H,9-10H2,(H,22,23). The molecule has 5 nitrogen and oxygen atoms in total. The summed E-state index contributed by atoms with van der Waals surface area (Å²) in [6.07, 6.45) is -1.85. The SMILES string of the molecule is O=C(C=Cc1ccc2c(c1)OCCO2)Nc1ccc(OC(F)(F)F)cc1. The number of anilines is 1. The Balaban J connectivity index is 1.59. The van der Waals surface area contributed by atoms with Gasteiger partial charge in [0.1, 0.15) is 19.0 Å². The molecule has 1 aliphatic rings. The van der Waals surface area contributed by atoms with E-state index < -0.39 is 12.3 Å². The van der Waals surface area contributed by atoms with E-state index in [-0.39, 0.29) is 5.75 Å². The number of rotatable bonds is 4. The van der Waals surface area contributed by atoms with Gasteiger partial charge in [0, 0.05) is 11.8 Å². The summed E-state index contributed by atoms with van der Waals surface area (Å²) in [4.78, 5) is 11.9. The second-order valence-corrected chi connectivity index (χ2v) is 5.30. The van der Waals surface area contributed by atoms with Crippen molar-refractivity contribution in [3.8, 4) is 17.2 Å². The van der Waals surface area contributed by atoms with Gasteiger partial charge < -0.3 is 19.5 Å². The molecule has 8 heteroatoms. The van der Waals surface area contributed by atoms with Crippen LogP contribution in [-0.4, -0.2) is 25.5 Å². The maximum absolute atomic E-state index is 12.1. The Morgan fingerprint density at radius 1 is 1.04 bits per heavy atom. The second-order valence-electron chi connectivity index (χ2n) is 5.30. The Labute approximate surface area is 147 Å². The molecule has 26 heavy (non-hydrogen) atoms. The molecular formula is C18H14F3NO4. The fourth-order valence-electron chi connectivity index (χ4n) is 2.26. The van der Waals surface area contributed by atoms with Crippen LogP contribution in [0.15, 0.2) is 48.5 Å². The van der Waals surface area contributed by atoms with Gasteiger partial charge >= 0.3 is 6.36 Å². The predicted molar refractivity (Wildman–Crippen MR) is 88.2 cm³/mol. The topological polar surface area (TPSA) is 56.8 Å². The highest BCUT2D eigenvalue weighted by atomic mass is 19.4. The van der Waals surface area contributed by atoms with E-state index in [2.05, 4.69) is 10.1 Å². The summed E-state index contributed by atoms with van der Waals surface area (Å²) in [6.45, 7) is 0.964. The predicted octanol–water partition coefficient (Wildman–Crippen LogP) is 4.01. The van der Waals surface area contributed by atoms with E-state index in [1.165, 1.54) is 18.2 Å². The first-order chi connectivity index (χ1) is 12.4. The molecule has 2 aromatic rings. The van der Waals surface area contributed by atoms with Crippen molar-refractivity contribution in [2.24, 2.45) is 0 Å². The number of hydrogen-bond acceptors (Lipinski definition) is 4. The summed E-state index contributed by atoms with van der Waals surface area (Å²) in [6, 6.07) is 10.2. The number of halogens is 3. The molecule has 1 heterocycles. The van der Waals surface area contributed by atoms with Crippen LogP contribution in [0.1, 0.15) is 5.56 Å². The van der Waals surface area contributed by atoms with E-state index in [4.69, 9.17) is 9.47 Å². The summed E-state index contributed by atoms with van der Waals surface area (Å²) < 4.78 is 50.9. The first-order valence-corrected chi connectivity index (χ1v) is 7.64. The van der Waals surface area contributed by atoms with Crippen LogP contribution in [0.5, 0.6) is 17.2 Å². The van der Waals surface area contributed by atoms with Crippen molar-refractivity contribution in [3.05, 3.63) is 54.1 Å². The zero-order valence-corrected chi connectivity index (χ0v) is 13.4. The molecule has 136 valence electrons. The van der Waals surface area contributed by atoms with Crippen molar-refractivity contribution in [1.82, 2.24) is 0 Å². The molecule has 0 fully saturated rings. The van der Waals surface area contributed by atoms with Crippen LogP contribution in [0.4, 0.5) is 18.9 Å². The molecular weight excluding hydrogens is 351 g/mol. The zero-order valence-electron chi connectivity index (χ0n) is 13.4. The van der Waals surface area contributed by atoms with Crippen LogP contribution in [0.3, 0.4) is 0 Å². The number of nitrogens with one attached hydrogen (secondary N) is 1. The van der Waals surface area contributed by atoms with Gasteiger partial charge in [0.25, 0.3) is 0 Å². The van der Waals surface area contributed by atoms with Crippen LogP contribution in [-0.2, 0) is 4.79 Å². The van der Waals surface area contributed by atoms with E-state index in [9.17, 15) is 18.0 Å². The number of alkyl halides is 3. The van der Waals surface area contributed by atoms with Gasteiger partial charge in [-0.3, -0.25) is 4.79 Å². The zero-order chi connectivity index (χ0) is 18.6. The van der Waals surface area contributed by atoms with Gasteiger partial charge in [0.15, 0.2) is 11.5 Å². The largest absolute Gasteiger partial charge is 0.573 e. The summed E-state index contributed by atoms with van der Waals surface area (Å²) in [5, 5.41) is 2.55. The molecule has 0 bridgehead atoms. The summed E-state index contributed by atoms with van der Waals surface area (Å²) >= 11 is 0. The Morgan fingerprint density at radius 3 is 2.42 bits per heavy atom. The van der Waals surface area contributed by atoms with Crippen molar-refractivity contribution < 1.29 is 32.2 Å². The molecule has 2 aromatic carbocycles. The third-order valence-electron chi connectivity index (χ3n) is 3.35. The minimum atomic E-state index is -4.75. The monoisotopic (exact) mass is 365 g/mol. The van der Waals surface area contributed by atoms with Gasteiger partial charge in [-0.1, -0.05) is 6.07 Å². The molecule has 0 saturated heterocycles. The lowest BCUT2D eigenvalue weighted by Crippen LogP contribution is -2.17. The Kier molecular flexibility index (Phi) is 5.01. The molecule has 0 unspecified atom stereocenters. The number of carbonyl (C=O) groups excluding carboxylic acids is 1. The lowest BCUT2D eigenvalue weighted by Gasteiger charge is -2.18. The fourth-order valence-corrected chi connectivity index (χ4v) is 2.26. The molecule has 1 amide bonds. The molecule has 0 radical (unpaired) electrons. The normalized spacial score (nSPS) is 13.5. The van der Waals surface area contributed by atoms with E-state index in [1.54, 1.807) is 24.3 Å². The number of carbonyl (C=O) groups is 1. The maximum atomic E-state index is 12.1. The van der Waals surface area contributed by atoms with Crippen LogP contribution in [0.25, 0.3) is 6.08 Å². The quantitative estimate of drug-likeness (QED) is 0.832. The highest BCUT2D eigenvalue weighted by Gasteiger charge is 2.30. The van der Waals surface area contributed by atoms with E-state index in [0.29, 0.717) is 30.4 Å². The lowest BCUT2D eigenvalue weighted by molar-refractivity contribution is -0.274. The highest BCUT2D eigenvalue weighted by molar-refractivity contribution is 6.01. The van der Waals surface area contributed by atoms with Crippen molar-refractivity contribution in [2.75, 3.05) is 18.5 Å². The van der Waals surface area contributed by atoms with Gasteiger partial charge in [0.2, 0.25) is 5.91 Å². The third kappa shape index (κ3) is 4.92. The average molecular weight is 365 g/mol.